The molecule has 0 radical (unpaired) electrons. The van der Waals surface area contributed by atoms with Crippen molar-refractivity contribution in [3.8, 4) is 0 Å². The van der Waals surface area contributed by atoms with Gasteiger partial charge in [-0.15, -0.1) is 0 Å². The van der Waals surface area contributed by atoms with Gasteiger partial charge in [-0.2, -0.15) is 0 Å². The van der Waals surface area contributed by atoms with Crippen LogP contribution in [-0.2, 0) is 13.1 Å². The van der Waals surface area contributed by atoms with Crippen LogP contribution < -0.4 is 5.32 Å². The summed E-state index contributed by atoms with van der Waals surface area (Å²) in [4.78, 5) is 0. The predicted octanol–water partition coefficient (Wildman–Crippen LogP) is 3.40. The van der Waals surface area contributed by atoms with Gasteiger partial charge in [-0.25, -0.2) is 0 Å². The summed E-state index contributed by atoms with van der Waals surface area (Å²) < 4.78 is 2.38. The van der Waals surface area contributed by atoms with Crippen molar-refractivity contribution in [2.75, 3.05) is 0 Å². The van der Waals surface area contributed by atoms with E-state index in [2.05, 4.69) is 50.6 Å². The zero-order chi connectivity index (χ0) is 12.1. The van der Waals surface area contributed by atoms with Gasteiger partial charge in [0.1, 0.15) is 0 Å². The Labute approximate surface area is 100 Å². The molecule has 1 aromatic rings. The van der Waals surface area contributed by atoms with E-state index >= 15 is 0 Å². The molecule has 1 atom stereocenters. The molecule has 2 nitrogen and oxygen atoms in total. The van der Waals surface area contributed by atoms with E-state index in [0.29, 0.717) is 6.04 Å². The first-order chi connectivity index (χ1) is 7.60. The molecule has 0 saturated carbocycles. The Kier molecular flexibility index (Phi) is 5.07. The van der Waals surface area contributed by atoms with Crippen LogP contribution in [0.5, 0.6) is 0 Å². The average Bonchev–Trinajstić information content (AvgIpc) is 2.51. The molecule has 0 spiro atoms. The third-order valence-corrected chi connectivity index (χ3v) is 3.36. The number of rotatable bonds is 6. The van der Waals surface area contributed by atoms with Gasteiger partial charge >= 0.3 is 0 Å². The SMILES string of the molecule is CCCC(C)NCc1cc(C)n(CC)c1C. The largest absolute Gasteiger partial charge is 0.349 e. The molecule has 0 bridgehead atoms. The maximum atomic E-state index is 3.59. The molecule has 0 aromatic carbocycles. The van der Waals surface area contributed by atoms with E-state index in [-0.39, 0.29) is 0 Å². The van der Waals surface area contributed by atoms with Crippen molar-refractivity contribution in [3.05, 3.63) is 23.0 Å². The first kappa shape index (κ1) is 13.3. The lowest BCUT2D eigenvalue weighted by Crippen LogP contribution is -2.25. The monoisotopic (exact) mass is 222 g/mol. The normalized spacial score (nSPS) is 13.1. The molecule has 2 heteroatoms. The van der Waals surface area contributed by atoms with Gasteiger partial charge in [0.2, 0.25) is 0 Å². The number of aryl methyl sites for hydroxylation is 1. The van der Waals surface area contributed by atoms with Gasteiger partial charge in [-0.3, -0.25) is 0 Å². The van der Waals surface area contributed by atoms with Gasteiger partial charge in [0.15, 0.2) is 0 Å². The summed E-state index contributed by atoms with van der Waals surface area (Å²) in [5.41, 5.74) is 4.23. The van der Waals surface area contributed by atoms with Crippen molar-refractivity contribution >= 4 is 0 Å². The second-order valence-corrected chi connectivity index (χ2v) is 4.71. The Bertz CT molecular complexity index is 326. The number of nitrogens with one attached hydrogen (secondary N) is 1. The minimum absolute atomic E-state index is 0.620. The van der Waals surface area contributed by atoms with E-state index in [1.807, 2.05) is 0 Å². The Hall–Kier alpha value is -0.760. The van der Waals surface area contributed by atoms with Crippen molar-refractivity contribution in [2.24, 2.45) is 0 Å². The lowest BCUT2D eigenvalue weighted by Gasteiger charge is -2.12. The highest BCUT2D eigenvalue weighted by atomic mass is 15.0. The molecule has 16 heavy (non-hydrogen) atoms. The average molecular weight is 222 g/mol. The van der Waals surface area contributed by atoms with E-state index in [9.17, 15) is 0 Å². The smallest absolute Gasteiger partial charge is 0.0225 e. The highest BCUT2D eigenvalue weighted by Gasteiger charge is 2.08. The van der Waals surface area contributed by atoms with Crippen molar-refractivity contribution in [3.63, 3.8) is 0 Å². The van der Waals surface area contributed by atoms with Crippen molar-refractivity contribution < 1.29 is 0 Å². The molecule has 0 aliphatic carbocycles. The van der Waals surface area contributed by atoms with Crippen LogP contribution in [0.2, 0.25) is 0 Å². The van der Waals surface area contributed by atoms with Crippen molar-refractivity contribution in [1.29, 1.82) is 0 Å². The number of hydrogen-bond acceptors (Lipinski definition) is 1. The van der Waals surface area contributed by atoms with Gasteiger partial charge in [0.05, 0.1) is 0 Å². The summed E-state index contributed by atoms with van der Waals surface area (Å²) in [6.45, 7) is 13.2. The van der Waals surface area contributed by atoms with E-state index < -0.39 is 0 Å². The highest BCUT2D eigenvalue weighted by Crippen LogP contribution is 2.15. The Balaban J connectivity index is 2.61. The summed E-state index contributed by atoms with van der Waals surface area (Å²) in [7, 11) is 0. The molecule has 1 rings (SSSR count). The second-order valence-electron chi connectivity index (χ2n) is 4.71. The van der Waals surface area contributed by atoms with Gasteiger partial charge in [-0.1, -0.05) is 13.3 Å². The van der Waals surface area contributed by atoms with Crippen LogP contribution in [0.1, 0.15) is 50.6 Å². The van der Waals surface area contributed by atoms with E-state index in [1.54, 1.807) is 0 Å². The first-order valence-electron chi connectivity index (χ1n) is 6.49. The molecular formula is C14H26N2. The quantitative estimate of drug-likeness (QED) is 0.780. The lowest BCUT2D eigenvalue weighted by molar-refractivity contribution is 0.507. The molecule has 0 amide bonds. The maximum absolute atomic E-state index is 3.59. The molecule has 92 valence electrons. The fourth-order valence-electron chi connectivity index (χ4n) is 2.36. The van der Waals surface area contributed by atoms with Crippen LogP contribution in [0.4, 0.5) is 0 Å². The van der Waals surface area contributed by atoms with Gasteiger partial charge in [0.25, 0.3) is 0 Å². The van der Waals surface area contributed by atoms with E-state index in [4.69, 9.17) is 0 Å². The molecule has 1 aromatic heterocycles. The molecular weight excluding hydrogens is 196 g/mol. The standard InChI is InChI=1S/C14H26N2/c1-6-8-11(3)15-10-14-9-12(4)16(7-2)13(14)5/h9,11,15H,6-8,10H2,1-5H3. The molecule has 1 unspecified atom stereocenters. The molecule has 0 aliphatic rings. The van der Waals surface area contributed by atoms with Crippen molar-refractivity contribution in [1.82, 2.24) is 9.88 Å². The highest BCUT2D eigenvalue weighted by molar-refractivity contribution is 5.26. The third kappa shape index (κ3) is 3.11. The van der Waals surface area contributed by atoms with Crippen LogP contribution in [0, 0.1) is 13.8 Å². The molecule has 1 N–H and O–H groups in total. The van der Waals surface area contributed by atoms with Crippen LogP contribution >= 0.6 is 0 Å². The first-order valence-corrected chi connectivity index (χ1v) is 6.49. The summed E-state index contributed by atoms with van der Waals surface area (Å²) >= 11 is 0. The summed E-state index contributed by atoms with van der Waals surface area (Å²) in [5, 5.41) is 3.59. The number of hydrogen-bond donors (Lipinski definition) is 1. The Morgan fingerprint density at radius 2 is 2.00 bits per heavy atom. The topological polar surface area (TPSA) is 17.0 Å². The number of nitrogens with zero attached hydrogens (tertiary/aromatic N) is 1. The molecule has 0 saturated heterocycles. The van der Waals surface area contributed by atoms with Crippen LogP contribution in [0.15, 0.2) is 6.07 Å². The molecule has 0 fully saturated rings. The van der Waals surface area contributed by atoms with Gasteiger partial charge in [-0.05, 0) is 45.7 Å². The third-order valence-electron chi connectivity index (χ3n) is 3.36. The maximum Gasteiger partial charge on any atom is 0.0225 e. The van der Waals surface area contributed by atoms with Crippen molar-refractivity contribution in [2.45, 2.75) is 66.6 Å². The number of aromatic nitrogens is 1. The van der Waals surface area contributed by atoms with Gasteiger partial charge in [0, 0.05) is 30.5 Å². The van der Waals surface area contributed by atoms with E-state index in [0.717, 1.165) is 13.1 Å². The summed E-state index contributed by atoms with van der Waals surface area (Å²) in [6, 6.07) is 2.93. The zero-order valence-corrected chi connectivity index (χ0v) is 11.4. The van der Waals surface area contributed by atoms with Gasteiger partial charge < -0.3 is 9.88 Å². The summed E-state index contributed by atoms with van der Waals surface area (Å²) in [5.74, 6) is 0. The Morgan fingerprint density at radius 1 is 1.31 bits per heavy atom. The van der Waals surface area contributed by atoms with E-state index in [1.165, 1.54) is 29.8 Å². The predicted molar refractivity (Wildman–Crippen MR) is 70.8 cm³/mol. The minimum atomic E-state index is 0.620. The summed E-state index contributed by atoms with van der Waals surface area (Å²) in [6.07, 6.45) is 2.51. The van der Waals surface area contributed by atoms with Crippen LogP contribution in [0.25, 0.3) is 0 Å². The molecule has 0 aliphatic heterocycles. The fourth-order valence-corrected chi connectivity index (χ4v) is 2.36. The van der Waals surface area contributed by atoms with Crippen LogP contribution in [-0.4, -0.2) is 10.6 Å². The zero-order valence-electron chi connectivity index (χ0n) is 11.4. The lowest BCUT2D eigenvalue weighted by atomic mass is 10.2. The second kappa shape index (κ2) is 6.09. The van der Waals surface area contributed by atoms with Crippen LogP contribution in [0.3, 0.4) is 0 Å². The minimum Gasteiger partial charge on any atom is -0.349 e. The Morgan fingerprint density at radius 3 is 2.50 bits per heavy atom. The molecule has 1 heterocycles. The fraction of sp³-hybridized carbons (Fsp3) is 0.714.